The quantitative estimate of drug-likeness (QED) is 0.838. The van der Waals surface area contributed by atoms with E-state index >= 15 is 0 Å². The van der Waals surface area contributed by atoms with E-state index in [4.69, 9.17) is 4.74 Å². The minimum atomic E-state index is -0.0962. The van der Waals surface area contributed by atoms with Crippen LogP contribution in [0.1, 0.15) is 31.7 Å². The fourth-order valence-corrected chi connectivity index (χ4v) is 2.39. The van der Waals surface area contributed by atoms with Crippen molar-refractivity contribution in [1.82, 2.24) is 10.6 Å². The summed E-state index contributed by atoms with van der Waals surface area (Å²) in [6.07, 6.45) is 4.26. The summed E-state index contributed by atoms with van der Waals surface area (Å²) in [4.78, 5) is 11.7. The van der Waals surface area contributed by atoms with Gasteiger partial charge in [0.05, 0.1) is 6.10 Å². The van der Waals surface area contributed by atoms with E-state index in [9.17, 15) is 4.79 Å². The molecule has 0 aromatic heterocycles. The van der Waals surface area contributed by atoms with E-state index in [1.54, 1.807) is 0 Å². The predicted octanol–water partition coefficient (Wildman–Crippen LogP) is 2.49. The van der Waals surface area contributed by atoms with Gasteiger partial charge in [0, 0.05) is 19.2 Å². The molecule has 0 spiro atoms. The van der Waals surface area contributed by atoms with E-state index in [1.165, 1.54) is 5.56 Å². The van der Waals surface area contributed by atoms with Crippen LogP contribution in [0.5, 0.6) is 0 Å². The highest BCUT2D eigenvalue weighted by Gasteiger charge is 2.16. The first kappa shape index (κ1) is 14.9. The molecule has 1 aromatic carbocycles. The van der Waals surface area contributed by atoms with Gasteiger partial charge in [-0.15, -0.1) is 0 Å². The molecule has 4 heteroatoms. The molecule has 2 rings (SSSR count). The van der Waals surface area contributed by atoms with Gasteiger partial charge in [-0.25, -0.2) is 4.79 Å². The number of hydrogen-bond acceptors (Lipinski definition) is 2. The minimum Gasteiger partial charge on any atom is -0.376 e. The van der Waals surface area contributed by atoms with E-state index < -0.39 is 0 Å². The van der Waals surface area contributed by atoms with Crippen LogP contribution in [0.4, 0.5) is 4.79 Å². The Morgan fingerprint density at radius 2 is 2.20 bits per heavy atom. The van der Waals surface area contributed by atoms with E-state index in [2.05, 4.69) is 22.8 Å². The monoisotopic (exact) mass is 276 g/mol. The molecule has 1 fully saturated rings. The fourth-order valence-electron chi connectivity index (χ4n) is 2.39. The molecule has 1 aromatic rings. The lowest BCUT2D eigenvalue weighted by Gasteiger charge is -2.16. The molecule has 2 amide bonds. The van der Waals surface area contributed by atoms with Gasteiger partial charge in [0.25, 0.3) is 0 Å². The average Bonchev–Trinajstić information content (AvgIpc) is 2.97. The molecule has 1 saturated heterocycles. The number of carbonyl (C=O) groups is 1. The topological polar surface area (TPSA) is 50.4 Å². The van der Waals surface area contributed by atoms with Crippen LogP contribution in [0, 0.1) is 0 Å². The summed E-state index contributed by atoms with van der Waals surface area (Å²) in [6, 6.07) is 10.4. The van der Waals surface area contributed by atoms with Gasteiger partial charge in [-0.05, 0) is 38.2 Å². The Morgan fingerprint density at radius 3 is 2.90 bits per heavy atom. The Hall–Kier alpha value is -1.55. The summed E-state index contributed by atoms with van der Waals surface area (Å²) in [6.45, 7) is 3.47. The van der Waals surface area contributed by atoms with Crippen molar-refractivity contribution in [2.75, 3.05) is 13.2 Å². The molecule has 1 aliphatic heterocycles. The minimum absolute atomic E-state index is 0.0962. The lowest BCUT2D eigenvalue weighted by Crippen LogP contribution is -2.43. The van der Waals surface area contributed by atoms with Crippen molar-refractivity contribution in [3.63, 3.8) is 0 Å². The van der Waals surface area contributed by atoms with Crippen molar-refractivity contribution < 1.29 is 9.53 Å². The highest BCUT2D eigenvalue weighted by atomic mass is 16.5. The number of amides is 2. The number of benzene rings is 1. The lowest BCUT2D eigenvalue weighted by molar-refractivity contribution is 0.111. The van der Waals surface area contributed by atoms with Crippen molar-refractivity contribution in [2.45, 2.75) is 44.8 Å². The smallest absolute Gasteiger partial charge is 0.315 e. The fraction of sp³-hybridized carbons (Fsp3) is 0.562. The van der Waals surface area contributed by atoms with Crippen LogP contribution < -0.4 is 10.6 Å². The summed E-state index contributed by atoms with van der Waals surface area (Å²) in [7, 11) is 0. The second-order valence-electron chi connectivity index (χ2n) is 5.41. The third kappa shape index (κ3) is 5.21. The molecule has 1 heterocycles. The third-order valence-electron chi connectivity index (χ3n) is 3.60. The zero-order valence-electron chi connectivity index (χ0n) is 12.1. The molecule has 0 aliphatic carbocycles. The summed E-state index contributed by atoms with van der Waals surface area (Å²) in [5, 5.41) is 5.85. The first-order chi connectivity index (χ1) is 9.74. The van der Waals surface area contributed by atoms with Crippen LogP contribution in [-0.2, 0) is 11.2 Å². The van der Waals surface area contributed by atoms with Gasteiger partial charge in [-0.3, -0.25) is 0 Å². The molecular formula is C16H24N2O2. The summed E-state index contributed by atoms with van der Waals surface area (Å²) >= 11 is 0. The molecule has 20 heavy (non-hydrogen) atoms. The average molecular weight is 276 g/mol. The third-order valence-corrected chi connectivity index (χ3v) is 3.60. The number of nitrogens with one attached hydrogen (secondary N) is 2. The molecular weight excluding hydrogens is 252 g/mol. The van der Waals surface area contributed by atoms with Crippen LogP contribution in [0.15, 0.2) is 30.3 Å². The SMILES string of the molecule is CC(CCc1ccccc1)NC(=O)NCC1CCCO1. The second-order valence-corrected chi connectivity index (χ2v) is 5.41. The van der Waals surface area contributed by atoms with E-state index in [0.717, 1.165) is 32.3 Å². The van der Waals surface area contributed by atoms with Gasteiger partial charge >= 0.3 is 6.03 Å². The predicted molar refractivity (Wildman–Crippen MR) is 79.7 cm³/mol. The van der Waals surface area contributed by atoms with Gasteiger partial charge in [0.15, 0.2) is 0 Å². The van der Waals surface area contributed by atoms with Gasteiger partial charge in [0.2, 0.25) is 0 Å². The normalized spacial score (nSPS) is 19.6. The van der Waals surface area contributed by atoms with Crippen molar-refractivity contribution in [3.05, 3.63) is 35.9 Å². The van der Waals surface area contributed by atoms with E-state index in [0.29, 0.717) is 6.54 Å². The van der Waals surface area contributed by atoms with Gasteiger partial charge < -0.3 is 15.4 Å². The highest BCUT2D eigenvalue weighted by Crippen LogP contribution is 2.10. The van der Waals surface area contributed by atoms with Crippen LogP contribution in [-0.4, -0.2) is 31.3 Å². The summed E-state index contributed by atoms with van der Waals surface area (Å²) < 4.78 is 5.47. The zero-order valence-corrected chi connectivity index (χ0v) is 12.1. The largest absolute Gasteiger partial charge is 0.376 e. The van der Waals surface area contributed by atoms with Crippen molar-refractivity contribution in [3.8, 4) is 0 Å². The van der Waals surface area contributed by atoms with Crippen LogP contribution in [0.3, 0.4) is 0 Å². The number of carbonyl (C=O) groups excluding carboxylic acids is 1. The molecule has 4 nitrogen and oxygen atoms in total. The first-order valence-corrected chi connectivity index (χ1v) is 7.44. The van der Waals surface area contributed by atoms with Crippen LogP contribution in [0.25, 0.3) is 0 Å². The molecule has 0 bridgehead atoms. The standard InChI is InChI=1S/C16H24N2O2/c1-13(9-10-14-6-3-2-4-7-14)18-16(19)17-12-15-8-5-11-20-15/h2-4,6-7,13,15H,5,8-12H2,1H3,(H2,17,18,19). The van der Waals surface area contributed by atoms with Crippen LogP contribution in [0.2, 0.25) is 0 Å². The maximum atomic E-state index is 11.7. The Labute approximate surface area is 120 Å². The molecule has 2 unspecified atom stereocenters. The van der Waals surface area contributed by atoms with E-state index in [-0.39, 0.29) is 18.2 Å². The van der Waals surface area contributed by atoms with Gasteiger partial charge in [0.1, 0.15) is 0 Å². The Balaban J connectivity index is 1.60. The summed E-state index contributed by atoms with van der Waals surface area (Å²) in [5.74, 6) is 0. The Bertz CT molecular complexity index is 402. The Morgan fingerprint density at radius 1 is 1.40 bits per heavy atom. The second kappa shape index (κ2) is 7.90. The number of hydrogen-bond donors (Lipinski definition) is 2. The first-order valence-electron chi connectivity index (χ1n) is 7.44. The van der Waals surface area contributed by atoms with Crippen molar-refractivity contribution in [2.24, 2.45) is 0 Å². The molecule has 110 valence electrons. The number of rotatable bonds is 6. The maximum Gasteiger partial charge on any atom is 0.315 e. The molecule has 2 N–H and O–H groups in total. The molecule has 0 radical (unpaired) electrons. The van der Waals surface area contributed by atoms with Gasteiger partial charge in [-0.1, -0.05) is 30.3 Å². The van der Waals surface area contributed by atoms with E-state index in [1.807, 2.05) is 25.1 Å². The Kier molecular flexibility index (Phi) is 5.87. The highest BCUT2D eigenvalue weighted by molar-refractivity contribution is 5.74. The zero-order chi connectivity index (χ0) is 14.2. The van der Waals surface area contributed by atoms with Crippen molar-refractivity contribution >= 4 is 6.03 Å². The van der Waals surface area contributed by atoms with Gasteiger partial charge in [-0.2, -0.15) is 0 Å². The maximum absolute atomic E-state index is 11.7. The number of ether oxygens (including phenoxy) is 1. The van der Waals surface area contributed by atoms with Crippen molar-refractivity contribution in [1.29, 1.82) is 0 Å². The lowest BCUT2D eigenvalue weighted by atomic mass is 10.1. The molecule has 0 saturated carbocycles. The molecule has 2 atom stereocenters. The number of urea groups is 1. The summed E-state index contributed by atoms with van der Waals surface area (Å²) in [5.41, 5.74) is 1.31. The number of aryl methyl sites for hydroxylation is 1. The van der Waals surface area contributed by atoms with Crippen LogP contribution >= 0.6 is 0 Å². The molecule has 1 aliphatic rings.